The highest BCUT2D eigenvalue weighted by atomic mass is 32.2. The zero-order valence-corrected chi connectivity index (χ0v) is 11.8. The molecule has 1 aromatic rings. The number of rotatable bonds is 5. The second-order valence-corrected chi connectivity index (χ2v) is 7.48. The molecule has 0 unspecified atom stereocenters. The van der Waals surface area contributed by atoms with E-state index in [1.165, 1.54) is 11.3 Å². The lowest BCUT2D eigenvalue weighted by molar-refractivity contribution is 0.421. The fourth-order valence-corrected chi connectivity index (χ4v) is 5.17. The topological polar surface area (TPSA) is 63.4 Å². The molecule has 0 radical (unpaired) electrons. The highest BCUT2D eigenvalue weighted by Gasteiger charge is 2.37. The van der Waals surface area contributed by atoms with Crippen LogP contribution in [-0.4, -0.2) is 25.3 Å². The van der Waals surface area contributed by atoms with Crippen LogP contribution in [-0.2, 0) is 16.6 Å². The lowest BCUT2D eigenvalue weighted by Gasteiger charge is -2.19. The van der Waals surface area contributed by atoms with Gasteiger partial charge in [0.25, 0.3) is 0 Å². The Bertz CT molecular complexity index is 504. The van der Waals surface area contributed by atoms with Crippen LogP contribution in [0.5, 0.6) is 0 Å². The molecule has 1 aromatic heterocycles. The van der Waals surface area contributed by atoms with Crippen molar-refractivity contribution in [2.24, 2.45) is 5.73 Å². The quantitative estimate of drug-likeness (QED) is 0.888. The number of hydrogen-bond acceptors (Lipinski definition) is 4. The first-order chi connectivity index (χ1) is 8.00. The van der Waals surface area contributed by atoms with Crippen molar-refractivity contribution in [1.82, 2.24) is 4.31 Å². The third-order valence-corrected chi connectivity index (χ3v) is 6.33. The Balaban J connectivity index is 2.39. The van der Waals surface area contributed by atoms with Crippen molar-refractivity contribution in [3.63, 3.8) is 0 Å². The third kappa shape index (κ3) is 2.40. The van der Waals surface area contributed by atoms with E-state index >= 15 is 0 Å². The molecule has 0 amide bonds. The van der Waals surface area contributed by atoms with Gasteiger partial charge in [0.2, 0.25) is 10.0 Å². The molecule has 0 spiro atoms. The fourth-order valence-electron chi connectivity index (χ4n) is 1.99. The molecule has 2 rings (SSSR count). The van der Waals surface area contributed by atoms with Crippen LogP contribution in [0.15, 0.2) is 11.0 Å². The van der Waals surface area contributed by atoms with Gasteiger partial charge in [0.1, 0.15) is 0 Å². The molecule has 0 atom stereocenters. The Hall–Kier alpha value is -0.430. The molecular formula is C11H18N2O2S2. The standard InChI is InChI=1S/C11H18N2O2S2/c1-3-13(9-4-5-9)17(14,15)11-6-10(7-12)16-8(11)2/h6,9H,3-5,7,12H2,1-2H3. The molecule has 6 heteroatoms. The van der Waals surface area contributed by atoms with Crippen LogP contribution < -0.4 is 5.73 Å². The summed E-state index contributed by atoms with van der Waals surface area (Å²) in [4.78, 5) is 2.20. The van der Waals surface area contributed by atoms with E-state index in [0.717, 1.165) is 22.6 Å². The van der Waals surface area contributed by atoms with Crippen molar-refractivity contribution in [3.05, 3.63) is 15.8 Å². The van der Waals surface area contributed by atoms with Crippen molar-refractivity contribution in [1.29, 1.82) is 0 Å². The predicted octanol–water partition coefficient (Wildman–Crippen LogP) is 1.69. The van der Waals surface area contributed by atoms with E-state index in [2.05, 4.69) is 0 Å². The summed E-state index contributed by atoms with van der Waals surface area (Å²) < 4.78 is 26.6. The van der Waals surface area contributed by atoms with Gasteiger partial charge in [0.05, 0.1) is 4.90 Å². The number of nitrogens with zero attached hydrogens (tertiary/aromatic N) is 1. The van der Waals surface area contributed by atoms with Gasteiger partial charge in [-0.2, -0.15) is 4.31 Å². The number of hydrogen-bond donors (Lipinski definition) is 1. The average molecular weight is 274 g/mol. The first kappa shape index (κ1) is 13.0. The predicted molar refractivity (Wildman–Crippen MR) is 69.5 cm³/mol. The van der Waals surface area contributed by atoms with E-state index in [1.807, 2.05) is 13.8 Å². The normalized spacial score (nSPS) is 16.7. The number of nitrogens with two attached hydrogens (primary N) is 1. The largest absolute Gasteiger partial charge is 0.326 e. The van der Waals surface area contributed by atoms with Crippen molar-refractivity contribution < 1.29 is 8.42 Å². The smallest absolute Gasteiger partial charge is 0.244 e. The highest BCUT2D eigenvalue weighted by Crippen LogP contribution is 2.34. The van der Waals surface area contributed by atoms with Crippen LogP contribution in [0, 0.1) is 6.92 Å². The van der Waals surface area contributed by atoms with Gasteiger partial charge in [-0.1, -0.05) is 6.92 Å². The van der Waals surface area contributed by atoms with Crippen LogP contribution in [0.3, 0.4) is 0 Å². The van der Waals surface area contributed by atoms with E-state index in [4.69, 9.17) is 5.73 Å². The Morgan fingerprint density at radius 1 is 1.53 bits per heavy atom. The second kappa shape index (κ2) is 4.68. The minimum Gasteiger partial charge on any atom is -0.326 e. The minimum atomic E-state index is -3.32. The molecule has 1 aliphatic rings. The zero-order chi connectivity index (χ0) is 12.6. The summed E-state index contributed by atoms with van der Waals surface area (Å²) in [5, 5.41) is 0. The Kier molecular flexibility index (Phi) is 3.58. The molecule has 0 aliphatic heterocycles. The van der Waals surface area contributed by atoms with E-state index in [9.17, 15) is 8.42 Å². The maximum absolute atomic E-state index is 12.5. The van der Waals surface area contributed by atoms with E-state index in [0.29, 0.717) is 18.0 Å². The number of sulfonamides is 1. The molecule has 1 heterocycles. The molecule has 0 aromatic carbocycles. The van der Waals surface area contributed by atoms with E-state index in [-0.39, 0.29) is 6.04 Å². The molecule has 4 nitrogen and oxygen atoms in total. The molecule has 96 valence electrons. The molecule has 17 heavy (non-hydrogen) atoms. The van der Waals surface area contributed by atoms with Gasteiger partial charge in [0.15, 0.2) is 0 Å². The molecule has 2 N–H and O–H groups in total. The Labute approximate surface area is 106 Å². The van der Waals surface area contributed by atoms with Gasteiger partial charge in [0, 0.05) is 28.9 Å². The van der Waals surface area contributed by atoms with Gasteiger partial charge < -0.3 is 5.73 Å². The van der Waals surface area contributed by atoms with Crippen LogP contribution in [0.1, 0.15) is 29.5 Å². The summed E-state index contributed by atoms with van der Waals surface area (Å²) in [6.45, 7) is 4.68. The lowest BCUT2D eigenvalue weighted by atomic mass is 10.4. The summed E-state index contributed by atoms with van der Waals surface area (Å²) in [7, 11) is -3.32. The first-order valence-corrected chi connectivity index (χ1v) is 8.07. The fraction of sp³-hybridized carbons (Fsp3) is 0.636. The molecule has 1 saturated carbocycles. The van der Waals surface area contributed by atoms with E-state index < -0.39 is 10.0 Å². The van der Waals surface area contributed by atoms with Gasteiger partial charge in [-0.15, -0.1) is 11.3 Å². The maximum atomic E-state index is 12.5. The van der Waals surface area contributed by atoms with Crippen molar-refractivity contribution >= 4 is 21.4 Å². The Morgan fingerprint density at radius 3 is 2.59 bits per heavy atom. The van der Waals surface area contributed by atoms with Crippen LogP contribution >= 0.6 is 11.3 Å². The van der Waals surface area contributed by atoms with Gasteiger partial charge in [-0.05, 0) is 25.8 Å². The van der Waals surface area contributed by atoms with Crippen LogP contribution in [0.2, 0.25) is 0 Å². The van der Waals surface area contributed by atoms with E-state index in [1.54, 1.807) is 10.4 Å². The van der Waals surface area contributed by atoms with Crippen LogP contribution in [0.25, 0.3) is 0 Å². The van der Waals surface area contributed by atoms with Crippen molar-refractivity contribution in [2.45, 2.75) is 44.2 Å². The minimum absolute atomic E-state index is 0.214. The van der Waals surface area contributed by atoms with Gasteiger partial charge in [-0.3, -0.25) is 0 Å². The molecule has 0 saturated heterocycles. The van der Waals surface area contributed by atoms with Gasteiger partial charge >= 0.3 is 0 Å². The lowest BCUT2D eigenvalue weighted by Crippen LogP contribution is -2.33. The summed E-state index contributed by atoms with van der Waals surface area (Å²) in [5.41, 5.74) is 5.56. The molecule has 1 fully saturated rings. The van der Waals surface area contributed by atoms with Crippen molar-refractivity contribution in [2.75, 3.05) is 6.54 Å². The number of thiophene rings is 1. The first-order valence-electron chi connectivity index (χ1n) is 5.82. The molecule has 0 bridgehead atoms. The summed E-state index contributed by atoms with van der Waals surface area (Å²) in [6, 6.07) is 1.94. The maximum Gasteiger partial charge on any atom is 0.244 e. The summed E-state index contributed by atoms with van der Waals surface area (Å²) in [6.07, 6.45) is 1.97. The van der Waals surface area contributed by atoms with Crippen LogP contribution in [0.4, 0.5) is 0 Å². The summed E-state index contributed by atoms with van der Waals surface area (Å²) >= 11 is 1.47. The molecular weight excluding hydrogens is 256 g/mol. The summed E-state index contributed by atoms with van der Waals surface area (Å²) in [5.74, 6) is 0. The molecule has 1 aliphatic carbocycles. The second-order valence-electron chi connectivity index (χ2n) is 4.28. The van der Waals surface area contributed by atoms with Crippen molar-refractivity contribution in [3.8, 4) is 0 Å². The Morgan fingerprint density at radius 2 is 2.18 bits per heavy atom. The highest BCUT2D eigenvalue weighted by molar-refractivity contribution is 7.89. The zero-order valence-electron chi connectivity index (χ0n) is 10.1. The SMILES string of the molecule is CCN(C1CC1)S(=O)(=O)c1cc(CN)sc1C. The monoisotopic (exact) mass is 274 g/mol. The average Bonchev–Trinajstić information content (AvgIpc) is 3.01. The van der Waals surface area contributed by atoms with Gasteiger partial charge in [-0.25, -0.2) is 8.42 Å². The third-order valence-electron chi connectivity index (χ3n) is 2.98. The number of aryl methyl sites for hydroxylation is 1.